The van der Waals surface area contributed by atoms with Gasteiger partial charge in [-0.25, -0.2) is 0 Å². The van der Waals surface area contributed by atoms with E-state index in [1.54, 1.807) is 0 Å². The van der Waals surface area contributed by atoms with E-state index in [2.05, 4.69) is 5.32 Å². The van der Waals surface area contributed by atoms with E-state index < -0.39 is 5.72 Å². The maximum absolute atomic E-state index is 13.2. The molecule has 0 amide bonds. The van der Waals surface area contributed by atoms with Gasteiger partial charge in [-0.3, -0.25) is 10.1 Å². The van der Waals surface area contributed by atoms with Crippen molar-refractivity contribution in [3.05, 3.63) is 102 Å². The Hall–Kier alpha value is -2.91. The van der Waals surface area contributed by atoms with Crippen LogP contribution in [0.15, 0.2) is 84.9 Å². The predicted molar refractivity (Wildman–Crippen MR) is 97.6 cm³/mol. The van der Waals surface area contributed by atoms with Crippen molar-refractivity contribution in [3.63, 3.8) is 0 Å². The molecule has 0 aliphatic carbocycles. The minimum absolute atomic E-state index is 0.0112. The molecule has 0 fully saturated rings. The zero-order chi connectivity index (χ0) is 17.1. The van der Waals surface area contributed by atoms with Gasteiger partial charge < -0.3 is 4.74 Å². The summed E-state index contributed by atoms with van der Waals surface area (Å²) >= 11 is 0. The summed E-state index contributed by atoms with van der Waals surface area (Å²) in [6.45, 7) is 0.563. The molecule has 0 bridgehead atoms. The first-order chi connectivity index (χ1) is 12.3. The van der Waals surface area contributed by atoms with E-state index >= 15 is 0 Å². The number of nitrogens with one attached hydrogen (secondary N) is 1. The zero-order valence-electron chi connectivity index (χ0n) is 13.8. The van der Waals surface area contributed by atoms with Crippen molar-refractivity contribution < 1.29 is 9.53 Å². The van der Waals surface area contributed by atoms with Crippen LogP contribution in [0.25, 0.3) is 0 Å². The van der Waals surface area contributed by atoms with E-state index in [9.17, 15) is 4.79 Å². The molecule has 124 valence electrons. The van der Waals surface area contributed by atoms with Crippen LogP contribution in [0.2, 0.25) is 0 Å². The number of carbonyl (C=O) groups is 1. The van der Waals surface area contributed by atoms with Crippen molar-refractivity contribution in [2.45, 2.75) is 18.7 Å². The molecule has 1 unspecified atom stereocenters. The standard InChI is InChI=1S/C22H19NO2/c24-21-19-13-7-8-14-20(19)25-22(21,15-17-9-3-1-4-10-17)23-16-18-11-5-2-6-12-18/h1-14,23H,15-16H2. The SMILES string of the molecule is O=C1c2ccccc2OC1(Cc1ccccc1)NCc1ccccc1. The Kier molecular flexibility index (Phi) is 4.08. The number of ether oxygens (including phenoxy) is 1. The molecule has 0 spiro atoms. The van der Waals surface area contributed by atoms with Crippen molar-refractivity contribution in [1.82, 2.24) is 5.32 Å². The average molecular weight is 329 g/mol. The average Bonchev–Trinajstić information content (AvgIpc) is 2.94. The van der Waals surface area contributed by atoms with Crippen LogP contribution in [0.3, 0.4) is 0 Å². The molecule has 3 aromatic rings. The lowest BCUT2D eigenvalue weighted by Gasteiger charge is -2.29. The Bertz CT molecular complexity index is 877. The summed E-state index contributed by atoms with van der Waals surface area (Å²) in [5, 5.41) is 3.38. The van der Waals surface area contributed by atoms with Crippen LogP contribution in [0.5, 0.6) is 5.75 Å². The maximum Gasteiger partial charge on any atom is 0.229 e. The Morgan fingerprint density at radius 2 is 1.36 bits per heavy atom. The lowest BCUT2D eigenvalue weighted by molar-refractivity contribution is 0.0394. The van der Waals surface area contributed by atoms with Gasteiger partial charge in [0, 0.05) is 13.0 Å². The summed E-state index contributed by atoms with van der Waals surface area (Å²) in [6.07, 6.45) is 0.480. The molecule has 0 saturated carbocycles. The van der Waals surface area contributed by atoms with Crippen molar-refractivity contribution in [2.24, 2.45) is 0 Å². The Labute approximate surface area is 147 Å². The van der Waals surface area contributed by atoms with Crippen LogP contribution in [-0.2, 0) is 13.0 Å². The molecule has 0 aromatic heterocycles. The van der Waals surface area contributed by atoms with Crippen LogP contribution in [-0.4, -0.2) is 11.5 Å². The van der Waals surface area contributed by atoms with Crippen LogP contribution in [0.4, 0.5) is 0 Å². The van der Waals surface area contributed by atoms with Crippen LogP contribution in [0, 0.1) is 0 Å². The highest BCUT2D eigenvalue weighted by Crippen LogP contribution is 2.35. The van der Waals surface area contributed by atoms with Gasteiger partial charge in [-0.15, -0.1) is 0 Å². The molecule has 1 N–H and O–H groups in total. The summed E-state index contributed by atoms with van der Waals surface area (Å²) in [5.41, 5.74) is 1.74. The number of carbonyl (C=O) groups excluding carboxylic acids is 1. The molecule has 3 aromatic carbocycles. The Morgan fingerprint density at radius 1 is 0.760 bits per heavy atom. The van der Waals surface area contributed by atoms with Gasteiger partial charge >= 0.3 is 0 Å². The third kappa shape index (κ3) is 3.06. The number of ketones is 1. The minimum Gasteiger partial charge on any atom is -0.464 e. The van der Waals surface area contributed by atoms with Gasteiger partial charge in [0.1, 0.15) is 5.75 Å². The monoisotopic (exact) mass is 329 g/mol. The molecule has 25 heavy (non-hydrogen) atoms. The smallest absolute Gasteiger partial charge is 0.229 e. The first-order valence-electron chi connectivity index (χ1n) is 8.43. The summed E-state index contributed by atoms with van der Waals surface area (Å²) in [5.74, 6) is 0.631. The van der Waals surface area contributed by atoms with Crippen molar-refractivity contribution >= 4 is 5.78 Å². The Morgan fingerprint density at radius 3 is 2.04 bits per heavy atom. The van der Waals surface area contributed by atoms with Crippen LogP contribution in [0.1, 0.15) is 21.5 Å². The number of Topliss-reactive ketones (excluding diaryl/α,β-unsaturated/α-hetero) is 1. The lowest BCUT2D eigenvalue weighted by atomic mass is 9.95. The molecule has 0 saturated heterocycles. The highest BCUT2D eigenvalue weighted by atomic mass is 16.5. The zero-order valence-corrected chi connectivity index (χ0v) is 13.8. The second-order valence-electron chi connectivity index (χ2n) is 6.26. The normalized spacial score (nSPS) is 18.6. The molecule has 4 rings (SSSR count). The van der Waals surface area contributed by atoms with Crippen molar-refractivity contribution in [2.75, 3.05) is 0 Å². The first kappa shape index (κ1) is 15.6. The molecule has 3 heteroatoms. The summed E-state index contributed by atoms with van der Waals surface area (Å²) in [7, 11) is 0. The molecule has 1 atom stereocenters. The van der Waals surface area contributed by atoms with Gasteiger partial charge in [-0.1, -0.05) is 72.8 Å². The molecule has 1 aliphatic heterocycles. The van der Waals surface area contributed by atoms with Gasteiger partial charge in [-0.2, -0.15) is 0 Å². The topological polar surface area (TPSA) is 38.3 Å². The maximum atomic E-state index is 13.2. The number of para-hydroxylation sites is 1. The van der Waals surface area contributed by atoms with Crippen LogP contribution < -0.4 is 10.1 Å². The van der Waals surface area contributed by atoms with Gasteiger partial charge in [-0.05, 0) is 23.3 Å². The molecular formula is C22H19NO2. The Balaban J connectivity index is 1.66. The van der Waals surface area contributed by atoms with E-state index in [-0.39, 0.29) is 5.78 Å². The number of benzene rings is 3. The van der Waals surface area contributed by atoms with E-state index in [1.807, 2.05) is 84.9 Å². The quantitative estimate of drug-likeness (QED) is 0.769. The number of hydrogen-bond donors (Lipinski definition) is 1. The summed E-state index contributed by atoms with van der Waals surface area (Å²) in [6, 6.07) is 27.5. The van der Waals surface area contributed by atoms with Gasteiger partial charge in [0.05, 0.1) is 5.56 Å². The second kappa shape index (κ2) is 6.54. The minimum atomic E-state index is -1.07. The van der Waals surface area contributed by atoms with E-state index in [0.29, 0.717) is 24.3 Å². The highest BCUT2D eigenvalue weighted by Gasteiger charge is 2.47. The summed E-state index contributed by atoms with van der Waals surface area (Å²) in [4.78, 5) is 13.2. The van der Waals surface area contributed by atoms with E-state index in [0.717, 1.165) is 11.1 Å². The number of hydrogen-bond acceptors (Lipinski definition) is 3. The van der Waals surface area contributed by atoms with E-state index in [4.69, 9.17) is 4.74 Å². The molecule has 3 nitrogen and oxygen atoms in total. The third-order valence-electron chi connectivity index (χ3n) is 4.50. The molecule has 1 aliphatic rings. The fourth-order valence-corrected chi connectivity index (χ4v) is 3.21. The highest BCUT2D eigenvalue weighted by molar-refractivity contribution is 6.07. The van der Waals surface area contributed by atoms with Crippen molar-refractivity contribution in [3.8, 4) is 5.75 Å². The van der Waals surface area contributed by atoms with E-state index in [1.165, 1.54) is 0 Å². The fourth-order valence-electron chi connectivity index (χ4n) is 3.21. The second-order valence-corrected chi connectivity index (χ2v) is 6.26. The lowest BCUT2D eigenvalue weighted by Crippen LogP contribution is -2.55. The van der Waals surface area contributed by atoms with Crippen LogP contribution >= 0.6 is 0 Å². The third-order valence-corrected chi connectivity index (χ3v) is 4.50. The van der Waals surface area contributed by atoms with Gasteiger partial charge in [0.15, 0.2) is 0 Å². The largest absolute Gasteiger partial charge is 0.464 e. The van der Waals surface area contributed by atoms with Gasteiger partial charge in [0.2, 0.25) is 11.5 Å². The number of rotatable bonds is 5. The van der Waals surface area contributed by atoms with Gasteiger partial charge in [0.25, 0.3) is 0 Å². The molecule has 0 radical (unpaired) electrons. The predicted octanol–water partition coefficient (Wildman–Crippen LogP) is 3.99. The molecule has 1 heterocycles. The fraction of sp³-hybridized carbons (Fsp3) is 0.136. The van der Waals surface area contributed by atoms with Crippen molar-refractivity contribution in [1.29, 1.82) is 0 Å². The summed E-state index contributed by atoms with van der Waals surface area (Å²) < 4.78 is 6.17. The first-order valence-corrected chi connectivity index (χ1v) is 8.43. The number of fused-ring (bicyclic) bond motifs is 1. The molecular weight excluding hydrogens is 310 g/mol.